The van der Waals surface area contributed by atoms with Crippen LogP contribution in [0.25, 0.3) is 0 Å². The van der Waals surface area contributed by atoms with E-state index in [-0.39, 0.29) is 23.5 Å². The minimum Gasteiger partial charge on any atom is -0.378 e. The molecule has 1 aromatic carbocycles. The van der Waals surface area contributed by atoms with Gasteiger partial charge in [0.05, 0.1) is 18.6 Å². The van der Waals surface area contributed by atoms with E-state index in [0.29, 0.717) is 6.42 Å². The highest BCUT2D eigenvalue weighted by Gasteiger charge is 2.53. The molecule has 1 fully saturated rings. The predicted molar refractivity (Wildman–Crippen MR) is 127 cm³/mol. The highest BCUT2D eigenvalue weighted by Crippen LogP contribution is 2.52. The lowest BCUT2D eigenvalue weighted by Gasteiger charge is -2.44. The van der Waals surface area contributed by atoms with E-state index in [1.807, 2.05) is 36.0 Å². The molecule has 2 aliphatic rings. The second kappa shape index (κ2) is 9.14. The molecule has 2 atom stereocenters. The topological polar surface area (TPSA) is 54.5 Å². The zero-order chi connectivity index (χ0) is 22.0. The molecule has 1 aliphatic carbocycles. The van der Waals surface area contributed by atoms with Crippen molar-refractivity contribution < 1.29 is 9.53 Å². The summed E-state index contributed by atoms with van der Waals surface area (Å²) in [5.74, 6) is 0.0559. The van der Waals surface area contributed by atoms with Crippen LogP contribution in [0.4, 0.5) is 0 Å². The van der Waals surface area contributed by atoms with Crippen molar-refractivity contribution in [2.75, 3.05) is 20.2 Å². The smallest absolute Gasteiger partial charge is 0.225 e. The zero-order valence-corrected chi connectivity index (χ0v) is 19.2. The maximum atomic E-state index is 12.9. The van der Waals surface area contributed by atoms with Crippen molar-refractivity contribution in [2.45, 2.75) is 43.4 Å². The van der Waals surface area contributed by atoms with Crippen LogP contribution >= 0.6 is 11.3 Å². The number of nitrogens with zero attached hydrogens (tertiary/aromatic N) is 2. The van der Waals surface area contributed by atoms with E-state index in [2.05, 4.69) is 45.5 Å². The quantitative estimate of drug-likeness (QED) is 0.618. The number of rotatable bonds is 6. The lowest BCUT2D eigenvalue weighted by atomic mass is 9.72. The highest BCUT2D eigenvalue weighted by molar-refractivity contribution is 7.10. The number of fused-ring (bicyclic) bond motifs is 2. The second-order valence-corrected chi connectivity index (χ2v) is 9.87. The Kier molecular flexibility index (Phi) is 6.09. The monoisotopic (exact) mass is 447 g/mol. The van der Waals surface area contributed by atoms with Crippen molar-refractivity contribution in [1.82, 2.24) is 15.2 Å². The Morgan fingerprint density at radius 2 is 2.03 bits per heavy atom. The number of ether oxygens (including phenoxy) is 1. The van der Waals surface area contributed by atoms with Crippen LogP contribution in [0.15, 0.2) is 66.3 Å². The van der Waals surface area contributed by atoms with Gasteiger partial charge in [0.2, 0.25) is 5.91 Å². The van der Waals surface area contributed by atoms with Gasteiger partial charge in [-0.15, -0.1) is 11.3 Å². The predicted octanol–water partition coefficient (Wildman–Crippen LogP) is 4.11. The average molecular weight is 448 g/mol. The van der Waals surface area contributed by atoms with E-state index >= 15 is 0 Å². The molecule has 6 heteroatoms. The third-order valence-electron chi connectivity index (χ3n) is 7.04. The fourth-order valence-electron chi connectivity index (χ4n) is 5.58. The molecule has 166 valence electrons. The molecular formula is C26H29N3O2S. The van der Waals surface area contributed by atoms with Crippen molar-refractivity contribution >= 4 is 17.2 Å². The molecular weight excluding hydrogens is 418 g/mol. The molecule has 0 saturated carbocycles. The number of carbonyl (C=O) groups is 1. The first kappa shape index (κ1) is 21.3. The van der Waals surface area contributed by atoms with Gasteiger partial charge in [-0.3, -0.25) is 14.7 Å². The summed E-state index contributed by atoms with van der Waals surface area (Å²) in [5.41, 5.74) is 3.73. The second-order valence-electron chi connectivity index (χ2n) is 8.84. The molecule has 0 bridgehead atoms. The molecule has 1 saturated heterocycles. The minimum atomic E-state index is -0.117. The van der Waals surface area contributed by atoms with Crippen LogP contribution in [0.2, 0.25) is 0 Å². The molecule has 5 nitrogen and oxygen atoms in total. The van der Waals surface area contributed by atoms with Crippen molar-refractivity contribution in [1.29, 1.82) is 0 Å². The molecule has 0 radical (unpaired) electrons. The first-order chi connectivity index (χ1) is 15.7. The van der Waals surface area contributed by atoms with Crippen LogP contribution in [-0.4, -0.2) is 42.1 Å². The van der Waals surface area contributed by atoms with Crippen LogP contribution in [-0.2, 0) is 27.9 Å². The third kappa shape index (κ3) is 3.98. The first-order valence-corrected chi connectivity index (χ1v) is 12.1. The van der Waals surface area contributed by atoms with Crippen molar-refractivity contribution in [3.05, 3.63) is 87.9 Å². The standard InChI is InChI=1S/C26H29N3O2S/c1-31-25-24(28-23(30)16-20-7-5-15-32-20)21-8-2-3-9-22(21)26(25)10-13-29(14-11-26)18-19-6-4-12-27-17-19/h2-9,12,15,17,24-25H,10-11,13-14,16,18H2,1H3,(H,28,30)/t24-,25+/m1/s1. The highest BCUT2D eigenvalue weighted by atomic mass is 32.1. The molecule has 0 unspecified atom stereocenters. The van der Waals surface area contributed by atoms with E-state index < -0.39 is 0 Å². The van der Waals surface area contributed by atoms with Crippen LogP contribution in [0, 0.1) is 0 Å². The molecule has 1 N–H and O–H groups in total. The minimum absolute atomic E-state index is 0.0559. The fraction of sp³-hybridized carbons (Fsp3) is 0.385. The number of likely N-dealkylation sites (tertiary alicyclic amines) is 1. The van der Waals surface area contributed by atoms with Crippen LogP contribution < -0.4 is 5.32 Å². The van der Waals surface area contributed by atoms with E-state index in [1.165, 1.54) is 16.7 Å². The molecule has 5 rings (SSSR count). The first-order valence-electron chi connectivity index (χ1n) is 11.2. The number of hydrogen-bond donors (Lipinski definition) is 1. The zero-order valence-electron chi connectivity index (χ0n) is 18.4. The van der Waals surface area contributed by atoms with E-state index in [9.17, 15) is 4.79 Å². The number of aromatic nitrogens is 1. The van der Waals surface area contributed by atoms with E-state index in [0.717, 1.165) is 37.4 Å². The summed E-state index contributed by atoms with van der Waals surface area (Å²) in [5, 5.41) is 5.33. The molecule has 1 spiro atoms. The maximum absolute atomic E-state index is 12.9. The van der Waals surface area contributed by atoms with Crippen molar-refractivity contribution in [3.8, 4) is 0 Å². The maximum Gasteiger partial charge on any atom is 0.225 e. The van der Waals surface area contributed by atoms with Gasteiger partial charge in [-0.2, -0.15) is 0 Å². The number of hydrogen-bond acceptors (Lipinski definition) is 5. The van der Waals surface area contributed by atoms with E-state index in [4.69, 9.17) is 4.74 Å². The number of piperidine rings is 1. The van der Waals surface area contributed by atoms with Gasteiger partial charge in [0.1, 0.15) is 0 Å². The van der Waals surface area contributed by atoms with Gasteiger partial charge in [0.25, 0.3) is 0 Å². The molecule has 3 aromatic rings. The number of pyridine rings is 1. The van der Waals surface area contributed by atoms with Crippen molar-refractivity contribution in [3.63, 3.8) is 0 Å². The number of carbonyl (C=O) groups excluding carboxylic acids is 1. The molecule has 1 amide bonds. The van der Waals surface area contributed by atoms with Gasteiger partial charge < -0.3 is 10.1 Å². The van der Waals surface area contributed by atoms with E-state index in [1.54, 1.807) is 18.4 Å². The molecule has 3 heterocycles. The van der Waals surface area contributed by atoms with Crippen LogP contribution in [0.1, 0.15) is 40.5 Å². The van der Waals surface area contributed by atoms with Gasteiger partial charge in [-0.1, -0.05) is 36.4 Å². The fourth-order valence-corrected chi connectivity index (χ4v) is 6.29. The summed E-state index contributed by atoms with van der Waals surface area (Å²) in [6.07, 6.45) is 6.15. The summed E-state index contributed by atoms with van der Waals surface area (Å²) in [6.45, 7) is 2.92. The number of benzene rings is 1. The van der Waals surface area contributed by atoms with Crippen LogP contribution in [0.5, 0.6) is 0 Å². The normalized spacial score (nSPS) is 22.0. The number of nitrogens with one attached hydrogen (secondary N) is 1. The Morgan fingerprint density at radius 1 is 1.19 bits per heavy atom. The lowest BCUT2D eigenvalue weighted by Crippen LogP contribution is -2.50. The summed E-state index contributed by atoms with van der Waals surface area (Å²) in [6, 6.07) is 16.6. The van der Waals surface area contributed by atoms with Crippen LogP contribution in [0.3, 0.4) is 0 Å². The summed E-state index contributed by atoms with van der Waals surface area (Å²) >= 11 is 1.62. The van der Waals surface area contributed by atoms with Gasteiger partial charge in [0.15, 0.2) is 0 Å². The Balaban J connectivity index is 1.35. The third-order valence-corrected chi connectivity index (χ3v) is 7.92. The summed E-state index contributed by atoms with van der Waals surface area (Å²) in [7, 11) is 1.79. The van der Waals surface area contributed by atoms with Gasteiger partial charge >= 0.3 is 0 Å². The van der Waals surface area contributed by atoms with Crippen molar-refractivity contribution in [2.24, 2.45) is 0 Å². The molecule has 1 aliphatic heterocycles. The SMILES string of the molecule is CO[C@H]1[C@H](NC(=O)Cc2cccs2)c2ccccc2C12CCN(Cc1cccnc1)CC2. The Morgan fingerprint density at radius 3 is 2.75 bits per heavy atom. The average Bonchev–Trinajstić information content (AvgIpc) is 3.41. The number of amides is 1. The Bertz CT molecular complexity index is 1050. The van der Waals surface area contributed by atoms with Gasteiger partial charge in [-0.05, 0) is 60.1 Å². The molecule has 32 heavy (non-hydrogen) atoms. The Labute approximate surface area is 193 Å². The Hall–Kier alpha value is -2.54. The number of methoxy groups -OCH3 is 1. The largest absolute Gasteiger partial charge is 0.378 e. The number of thiophene rings is 1. The summed E-state index contributed by atoms with van der Waals surface area (Å²) in [4.78, 5) is 20.7. The molecule has 2 aromatic heterocycles. The summed E-state index contributed by atoms with van der Waals surface area (Å²) < 4.78 is 6.15. The van der Waals surface area contributed by atoms with Gasteiger partial charge in [-0.25, -0.2) is 0 Å². The lowest BCUT2D eigenvalue weighted by molar-refractivity contribution is -0.122. The van der Waals surface area contributed by atoms with Gasteiger partial charge in [0, 0.05) is 36.3 Å².